The van der Waals surface area contributed by atoms with Gasteiger partial charge in [-0.1, -0.05) is 13.8 Å². The van der Waals surface area contributed by atoms with Gasteiger partial charge in [0.15, 0.2) is 0 Å². The first-order valence-corrected chi connectivity index (χ1v) is 4.86. The lowest BCUT2D eigenvalue weighted by atomic mass is 10.2. The van der Waals surface area contributed by atoms with E-state index in [2.05, 4.69) is 28.6 Å². The van der Waals surface area contributed by atoms with Gasteiger partial charge in [0, 0.05) is 6.54 Å². The number of hydrogen-bond donors (Lipinski definition) is 1. The first kappa shape index (κ1) is 10.2. The maximum absolute atomic E-state index is 5.92. The van der Waals surface area contributed by atoms with Crippen LogP contribution in [-0.4, -0.2) is 14.8 Å². The molecular formula is C9H18N4. The number of nitrogens with zero attached hydrogens (tertiary/aromatic N) is 3. The summed E-state index contributed by atoms with van der Waals surface area (Å²) in [4.78, 5) is 0. The summed E-state index contributed by atoms with van der Waals surface area (Å²) in [7, 11) is 0. The van der Waals surface area contributed by atoms with Crippen LogP contribution in [0.4, 0.5) is 0 Å². The lowest BCUT2D eigenvalue weighted by Crippen LogP contribution is -2.16. The van der Waals surface area contributed by atoms with Gasteiger partial charge in [0.2, 0.25) is 0 Å². The molecule has 0 aliphatic heterocycles. The van der Waals surface area contributed by atoms with Gasteiger partial charge in [-0.2, -0.15) is 0 Å². The van der Waals surface area contributed by atoms with E-state index in [9.17, 15) is 0 Å². The maximum atomic E-state index is 5.92. The molecule has 1 aromatic heterocycles. The number of hydrogen-bond acceptors (Lipinski definition) is 3. The largest absolute Gasteiger partial charge is 0.321 e. The van der Waals surface area contributed by atoms with Gasteiger partial charge < -0.3 is 10.3 Å². The van der Waals surface area contributed by atoms with Crippen molar-refractivity contribution >= 4 is 0 Å². The van der Waals surface area contributed by atoms with Gasteiger partial charge in [0.05, 0.1) is 6.04 Å². The van der Waals surface area contributed by atoms with Crippen molar-refractivity contribution in [3.05, 3.63) is 11.6 Å². The zero-order chi connectivity index (χ0) is 9.84. The van der Waals surface area contributed by atoms with Gasteiger partial charge in [0.25, 0.3) is 0 Å². The Balaban J connectivity index is 2.92. The minimum absolute atomic E-state index is 0.0211. The van der Waals surface area contributed by atoms with E-state index in [1.807, 2.05) is 6.92 Å². The van der Waals surface area contributed by atoms with Crippen molar-refractivity contribution in [3.63, 3.8) is 0 Å². The summed E-state index contributed by atoms with van der Waals surface area (Å²) in [6, 6.07) is 0.0211. The second-order valence-corrected chi connectivity index (χ2v) is 3.27. The van der Waals surface area contributed by atoms with Crippen molar-refractivity contribution in [3.8, 4) is 0 Å². The Morgan fingerprint density at radius 3 is 2.62 bits per heavy atom. The number of nitrogens with two attached hydrogens (primary N) is 1. The van der Waals surface area contributed by atoms with Gasteiger partial charge in [0.1, 0.15) is 11.6 Å². The smallest absolute Gasteiger partial charge is 0.149 e. The van der Waals surface area contributed by atoms with Gasteiger partial charge in [-0.3, -0.25) is 0 Å². The van der Waals surface area contributed by atoms with Crippen molar-refractivity contribution in [2.75, 3.05) is 0 Å². The Bertz CT molecular complexity index is 267. The van der Waals surface area contributed by atoms with Crippen molar-refractivity contribution in [2.24, 2.45) is 5.73 Å². The second-order valence-electron chi connectivity index (χ2n) is 3.27. The zero-order valence-corrected chi connectivity index (χ0v) is 8.62. The molecule has 2 N–H and O–H groups in total. The first-order chi connectivity index (χ1) is 6.20. The normalized spacial score (nSPS) is 13.2. The number of rotatable bonds is 4. The third-order valence-electron chi connectivity index (χ3n) is 2.18. The summed E-state index contributed by atoms with van der Waals surface area (Å²) >= 11 is 0. The Morgan fingerprint density at radius 1 is 1.38 bits per heavy atom. The second kappa shape index (κ2) is 4.37. The van der Waals surface area contributed by atoms with Crippen LogP contribution >= 0.6 is 0 Å². The van der Waals surface area contributed by atoms with E-state index in [4.69, 9.17) is 5.73 Å². The van der Waals surface area contributed by atoms with Crippen LogP contribution in [0.2, 0.25) is 0 Å². The highest BCUT2D eigenvalue weighted by molar-refractivity contribution is 4.98. The summed E-state index contributed by atoms with van der Waals surface area (Å²) < 4.78 is 2.11. The molecule has 1 unspecified atom stereocenters. The van der Waals surface area contributed by atoms with Crippen LogP contribution in [0.15, 0.2) is 0 Å². The molecule has 0 saturated heterocycles. The summed E-state index contributed by atoms with van der Waals surface area (Å²) in [6.07, 6.45) is 1.99. The minimum atomic E-state index is 0.0211. The maximum Gasteiger partial charge on any atom is 0.149 e. The predicted molar refractivity (Wildman–Crippen MR) is 52.3 cm³/mol. The molecule has 1 aromatic rings. The number of aryl methyl sites for hydroxylation is 1. The van der Waals surface area contributed by atoms with Crippen molar-refractivity contribution < 1.29 is 0 Å². The van der Waals surface area contributed by atoms with Gasteiger partial charge in [-0.25, -0.2) is 0 Å². The molecule has 0 aromatic carbocycles. The first-order valence-electron chi connectivity index (χ1n) is 4.86. The van der Waals surface area contributed by atoms with Gasteiger partial charge in [-0.15, -0.1) is 10.2 Å². The van der Waals surface area contributed by atoms with E-state index in [1.165, 1.54) is 0 Å². The van der Waals surface area contributed by atoms with E-state index in [0.717, 1.165) is 31.0 Å². The fraction of sp³-hybridized carbons (Fsp3) is 0.778. The van der Waals surface area contributed by atoms with Crippen molar-refractivity contribution in [1.82, 2.24) is 14.8 Å². The Labute approximate surface area is 79.2 Å². The minimum Gasteiger partial charge on any atom is -0.321 e. The quantitative estimate of drug-likeness (QED) is 0.766. The predicted octanol–water partition coefficient (Wildman–Crippen LogP) is 1.41. The van der Waals surface area contributed by atoms with E-state index in [-0.39, 0.29) is 6.04 Å². The molecule has 4 nitrogen and oxygen atoms in total. The van der Waals surface area contributed by atoms with E-state index < -0.39 is 0 Å². The zero-order valence-electron chi connectivity index (χ0n) is 8.62. The lowest BCUT2D eigenvalue weighted by molar-refractivity contribution is 0.558. The van der Waals surface area contributed by atoms with E-state index in [1.54, 1.807) is 0 Å². The number of aromatic nitrogens is 3. The third-order valence-corrected chi connectivity index (χ3v) is 2.18. The molecule has 0 amide bonds. The molecule has 0 radical (unpaired) electrons. The van der Waals surface area contributed by atoms with Crippen LogP contribution in [-0.2, 0) is 6.54 Å². The SMILES string of the molecule is CCCn1c(C)nnc1C(N)CC. The summed E-state index contributed by atoms with van der Waals surface area (Å²) in [5, 5.41) is 8.13. The van der Waals surface area contributed by atoms with E-state index >= 15 is 0 Å². The lowest BCUT2D eigenvalue weighted by Gasteiger charge is -2.11. The molecule has 4 heteroatoms. The van der Waals surface area contributed by atoms with Crippen LogP contribution in [0.25, 0.3) is 0 Å². The average molecular weight is 182 g/mol. The summed E-state index contributed by atoms with van der Waals surface area (Å²) in [6.45, 7) is 7.13. The highest BCUT2D eigenvalue weighted by Gasteiger charge is 2.13. The molecule has 0 bridgehead atoms. The molecule has 0 saturated carbocycles. The molecule has 13 heavy (non-hydrogen) atoms. The molecule has 1 rings (SSSR count). The molecule has 0 fully saturated rings. The third kappa shape index (κ3) is 2.06. The highest BCUT2D eigenvalue weighted by atomic mass is 15.3. The van der Waals surface area contributed by atoms with Crippen LogP contribution in [0.1, 0.15) is 44.4 Å². The van der Waals surface area contributed by atoms with Crippen LogP contribution < -0.4 is 5.73 Å². The molecule has 0 spiro atoms. The molecule has 1 atom stereocenters. The molecule has 1 heterocycles. The fourth-order valence-corrected chi connectivity index (χ4v) is 1.35. The molecule has 74 valence electrons. The highest BCUT2D eigenvalue weighted by Crippen LogP contribution is 2.12. The summed E-state index contributed by atoms with van der Waals surface area (Å²) in [5.74, 6) is 1.88. The Morgan fingerprint density at radius 2 is 2.08 bits per heavy atom. The van der Waals surface area contributed by atoms with Gasteiger partial charge in [-0.05, 0) is 19.8 Å². The Kier molecular flexibility index (Phi) is 3.42. The summed E-state index contributed by atoms with van der Waals surface area (Å²) in [5.41, 5.74) is 5.92. The topological polar surface area (TPSA) is 56.7 Å². The van der Waals surface area contributed by atoms with Crippen LogP contribution in [0.5, 0.6) is 0 Å². The average Bonchev–Trinajstić information content (AvgIpc) is 2.48. The van der Waals surface area contributed by atoms with Crippen LogP contribution in [0, 0.1) is 6.92 Å². The molecule has 0 aliphatic carbocycles. The van der Waals surface area contributed by atoms with Crippen molar-refractivity contribution in [1.29, 1.82) is 0 Å². The molecular weight excluding hydrogens is 164 g/mol. The Hall–Kier alpha value is -0.900. The van der Waals surface area contributed by atoms with Crippen molar-refractivity contribution in [2.45, 2.75) is 46.2 Å². The van der Waals surface area contributed by atoms with Gasteiger partial charge >= 0.3 is 0 Å². The van der Waals surface area contributed by atoms with E-state index in [0.29, 0.717) is 0 Å². The fourth-order valence-electron chi connectivity index (χ4n) is 1.35. The standard InChI is InChI=1S/C9H18N4/c1-4-6-13-7(3)11-12-9(13)8(10)5-2/h8H,4-6,10H2,1-3H3. The monoisotopic (exact) mass is 182 g/mol. The molecule has 0 aliphatic rings. The van der Waals surface area contributed by atoms with Crippen LogP contribution in [0.3, 0.4) is 0 Å².